The van der Waals surface area contributed by atoms with Crippen molar-refractivity contribution in [1.82, 2.24) is 20.0 Å². The first-order valence-electron chi connectivity index (χ1n) is 11.2. The highest BCUT2D eigenvalue weighted by Gasteiger charge is 2.54. The quantitative estimate of drug-likeness (QED) is 0.348. The zero-order valence-corrected chi connectivity index (χ0v) is 21.2. The molecular weight excluding hydrogens is 573 g/mol. The Bertz CT molecular complexity index is 1410. The van der Waals surface area contributed by atoms with Gasteiger partial charge in [-0.2, -0.15) is 18.4 Å². The number of methoxy groups -OCH3 is 1. The van der Waals surface area contributed by atoms with Gasteiger partial charge in [-0.3, -0.25) is 0 Å². The largest absolute Gasteiger partial charge is 0.434 e. The zero-order valence-electron chi connectivity index (χ0n) is 19.6. The number of fused-ring (bicyclic) bond motifs is 1. The maximum Gasteiger partial charge on any atom is 0.434 e. The van der Waals surface area contributed by atoms with E-state index >= 15 is 0 Å². The molecule has 0 aliphatic carbocycles. The fourth-order valence-electron chi connectivity index (χ4n) is 4.52. The van der Waals surface area contributed by atoms with E-state index in [1.165, 1.54) is 24.1 Å². The van der Waals surface area contributed by atoms with Crippen LogP contribution in [-0.2, 0) is 20.4 Å². The number of ether oxygens (including phenoxy) is 3. The summed E-state index contributed by atoms with van der Waals surface area (Å²) < 4.78 is 86.5. The standard InChI is InChI=1S/C23H17ClF5N5O4S/c1-36-20-17(34-7-14(32-33-34)9-3-12(25)16(24)13(26)4-9)19-18(15(35)8-37-19)38-22(20)39-11-2-10(5-30)21(31-6-11)23(27,28)29/h2-4,6-7,15,17-20,22,35H,8H2,1H3/t15?,17?,18?,19-,20?,22-/m1/s1. The molecule has 6 atom stereocenters. The second-order valence-corrected chi connectivity index (χ2v) is 10.2. The average Bonchev–Trinajstić information content (AvgIpc) is 3.52. The van der Waals surface area contributed by atoms with Gasteiger partial charge in [-0.25, -0.2) is 18.4 Å². The molecule has 206 valence electrons. The molecule has 0 bridgehead atoms. The predicted molar refractivity (Wildman–Crippen MR) is 124 cm³/mol. The summed E-state index contributed by atoms with van der Waals surface area (Å²) in [6.07, 6.45) is -6.02. The summed E-state index contributed by atoms with van der Waals surface area (Å²) in [6.45, 7) is -0.0742. The highest BCUT2D eigenvalue weighted by molar-refractivity contribution is 7.99. The molecular formula is C23H17ClF5N5O4S. The normalized spacial score (nSPS) is 26.8. The summed E-state index contributed by atoms with van der Waals surface area (Å²) in [6, 6.07) is 3.75. The highest BCUT2D eigenvalue weighted by atomic mass is 35.5. The fourth-order valence-corrected chi connectivity index (χ4v) is 5.79. The number of hydrogen-bond acceptors (Lipinski definition) is 9. The number of nitrogens with zero attached hydrogens (tertiary/aromatic N) is 5. The van der Waals surface area contributed by atoms with Gasteiger partial charge in [-0.1, -0.05) is 28.6 Å². The average molecular weight is 590 g/mol. The van der Waals surface area contributed by atoms with Crippen LogP contribution in [0.2, 0.25) is 5.02 Å². The third-order valence-corrected chi connectivity index (χ3v) is 7.73. The molecule has 0 saturated carbocycles. The molecule has 2 fully saturated rings. The van der Waals surface area contributed by atoms with E-state index in [9.17, 15) is 32.3 Å². The molecule has 1 N–H and O–H groups in total. The lowest BCUT2D eigenvalue weighted by molar-refractivity contribution is -0.170. The predicted octanol–water partition coefficient (Wildman–Crippen LogP) is 4.00. The Labute approximate surface area is 226 Å². The van der Waals surface area contributed by atoms with Crippen molar-refractivity contribution in [2.24, 2.45) is 0 Å². The first-order valence-corrected chi connectivity index (χ1v) is 12.5. The molecule has 0 spiro atoms. The number of halogens is 6. The van der Waals surface area contributed by atoms with E-state index < -0.39 is 70.0 Å². The number of benzene rings is 1. The molecule has 2 saturated heterocycles. The van der Waals surface area contributed by atoms with Crippen molar-refractivity contribution in [2.75, 3.05) is 13.7 Å². The van der Waals surface area contributed by atoms with Gasteiger partial charge in [0.05, 0.1) is 18.4 Å². The van der Waals surface area contributed by atoms with Crippen molar-refractivity contribution in [3.8, 4) is 17.3 Å². The van der Waals surface area contributed by atoms with Crippen LogP contribution in [0.1, 0.15) is 17.3 Å². The van der Waals surface area contributed by atoms with Crippen molar-refractivity contribution in [1.29, 1.82) is 5.26 Å². The summed E-state index contributed by atoms with van der Waals surface area (Å²) in [5.41, 5.74) is -2.74. The molecule has 4 heterocycles. The van der Waals surface area contributed by atoms with Crippen molar-refractivity contribution in [3.05, 3.63) is 58.5 Å². The van der Waals surface area contributed by atoms with Crippen molar-refractivity contribution in [2.45, 2.75) is 47.0 Å². The van der Waals surface area contributed by atoms with E-state index in [0.29, 0.717) is 0 Å². The van der Waals surface area contributed by atoms with Gasteiger partial charge >= 0.3 is 6.18 Å². The number of thioether (sulfide) groups is 1. The molecule has 2 aromatic heterocycles. The molecule has 0 amide bonds. The van der Waals surface area contributed by atoms with Crippen molar-refractivity contribution >= 4 is 23.4 Å². The van der Waals surface area contributed by atoms with Crippen LogP contribution in [0.15, 0.2) is 35.5 Å². The summed E-state index contributed by atoms with van der Waals surface area (Å²) in [4.78, 5) is 3.60. The second-order valence-electron chi connectivity index (χ2n) is 8.66. The number of alkyl halides is 3. The van der Waals surface area contributed by atoms with Crippen LogP contribution in [0.3, 0.4) is 0 Å². The van der Waals surface area contributed by atoms with Gasteiger partial charge in [0, 0.05) is 23.8 Å². The van der Waals surface area contributed by atoms with Gasteiger partial charge in [-0.15, -0.1) is 5.10 Å². The number of aromatic nitrogens is 4. The van der Waals surface area contributed by atoms with Gasteiger partial charge in [0.25, 0.3) is 0 Å². The lowest BCUT2D eigenvalue weighted by atomic mass is 9.96. The van der Waals surface area contributed by atoms with Gasteiger partial charge in [0.15, 0.2) is 5.69 Å². The maximum atomic E-state index is 14.0. The Morgan fingerprint density at radius 1 is 1.23 bits per heavy atom. The van der Waals surface area contributed by atoms with Gasteiger partial charge in [0.2, 0.25) is 0 Å². The lowest BCUT2D eigenvalue weighted by Crippen LogP contribution is -2.55. The Kier molecular flexibility index (Phi) is 7.53. The minimum absolute atomic E-state index is 0.0661. The van der Waals surface area contributed by atoms with E-state index in [4.69, 9.17) is 25.8 Å². The van der Waals surface area contributed by atoms with Crippen LogP contribution in [0.4, 0.5) is 22.0 Å². The van der Waals surface area contributed by atoms with Crippen LogP contribution in [0.5, 0.6) is 0 Å². The van der Waals surface area contributed by atoms with Crippen LogP contribution in [-0.4, -0.2) is 68.7 Å². The number of nitriles is 1. The number of hydrogen-bond donors (Lipinski definition) is 1. The van der Waals surface area contributed by atoms with Gasteiger partial charge < -0.3 is 19.3 Å². The number of rotatable bonds is 5. The van der Waals surface area contributed by atoms with Gasteiger partial charge in [0.1, 0.15) is 64.3 Å². The van der Waals surface area contributed by atoms with Crippen molar-refractivity contribution < 1.29 is 41.3 Å². The second kappa shape index (κ2) is 10.6. The molecule has 39 heavy (non-hydrogen) atoms. The van der Waals surface area contributed by atoms with E-state index in [1.54, 1.807) is 0 Å². The molecule has 2 aliphatic heterocycles. The molecule has 9 nitrogen and oxygen atoms in total. The van der Waals surface area contributed by atoms with E-state index in [2.05, 4.69) is 15.3 Å². The number of aliphatic hydroxyl groups is 1. The first kappa shape index (κ1) is 27.7. The topological polar surface area (TPSA) is 115 Å². The summed E-state index contributed by atoms with van der Waals surface area (Å²) in [5, 5.41) is 27.1. The van der Waals surface area contributed by atoms with Crippen LogP contribution in [0, 0.1) is 23.0 Å². The van der Waals surface area contributed by atoms with E-state index in [1.807, 2.05) is 0 Å². The first-order chi connectivity index (χ1) is 18.5. The molecule has 2 aliphatic rings. The molecule has 0 radical (unpaired) electrons. The monoisotopic (exact) mass is 589 g/mol. The summed E-state index contributed by atoms with van der Waals surface area (Å²) >= 11 is 6.50. The summed E-state index contributed by atoms with van der Waals surface area (Å²) in [7, 11) is 1.37. The SMILES string of the molecule is COC1C(n2cc(-c3cc(F)c(Cl)c(F)c3)nn2)[C@H]2OCC(O)C2O[C@@H]1Sc1cnc(C(F)(F)F)c(C#N)c1. The minimum Gasteiger partial charge on any atom is -0.388 e. The number of pyridine rings is 1. The maximum absolute atomic E-state index is 14.0. The van der Waals surface area contributed by atoms with Crippen LogP contribution >= 0.6 is 23.4 Å². The molecule has 4 unspecified atom stereocenters. The molecule has 5 rings (SSSR count). The number of aliphatic hydroxyl groups excluding tert-OH is 1. The highest BCUT2D eigenvalue weighted by Crippen LogP contribution is 2.44. The Balaban J connectivity index is 1.49. The van der Waals surface area contributed by atoms with E-state index in [-0.39, 0.29) is 22.8 Å². The third kappa shape index (κ3) is 5.20. The van der Waals surface area contributed by atoms with E-state index in [0.717, 1.165) is 36.2 Å². The molecule has 16 heteroatoms. The summed E-state index contributed by atoms with van der Waals surface area (Å²) in [5.74, 6) is -1.97. The zero-order chi connectivity index (χ0) is 28.1. The van der Waals surface area contributed by atoms with Crippen LogP contribution < -0.4 is 0 Å². The minimum atomic E-state index is -4.81. The Morgan fingerprint density at radius 3 is 2.59 bits per heavy atom. The smallest absolute Gasteiger partial charge is 0.388 e. The van der Waals surface area contributed by atoms with Gasteiger partial charge in [-0.05, 0) is 18.2 Å². The lowest BCUT2D eigenvalue weighted by Gasteiger charge is -2.43. The van der Waals surface area contributed by atoms with Crippen molar-refractivity contribution in [3.63, 3.8) is 0 Å². The van der Waals surface area contributed by atoms with Crippen LogP contribution in [0.25, 0.3) is 11.3 Å². The third-order valence-electron chi connectivity index (χ3n) is 6.27. The Hall–Kier alpha value is -2.87. The molecule has 3 aromatic rings. The molecule has 1 aromatic carbocycles. The Morgan fingerprint density at radius 2 is 1.95 bits per heavy atom. The fraction of sp³-hybridized carbons (Fsp3) is 0.391.